The SMILES string of the molecule is CN(Cc1cccc(F)c1)C(=O)COC(=O)c1sccc1S(=O)(=O)N1CCSCC1. The molecule has 2 aromatic rings. The Bertz CT molecular complexity index is 1020. The van der Waals surface area contributed by atoms with Crippen LogP contribution in [0.2, 0.25) is 0 Å². The number of sulfonamides is 1. The molecule has 162 valence electrons. The van der Waals surface area contributed by atoms with Crippen LogP contribution < -0.4 is 0 Å². The first-order chi connectivity index (χ1) is 14.3. The Kier molecular flexibility index (Phi) is 7.50. The minimum absolute atomic E-state index is 0.0474. The number of likely N-dealkylation sites (N-methyl/N-ethyl adjacent to an activating group) is 1. The smallest absolute Gasteiger partial charge is 0.350 e. The lowest BCUT2D eigenvalue weighted by molar-refractivity contribution is -0.133. The van der Waals surface area contributed by atoms with Crippen molar-refractivity contribution in [2.24, 2.45) is 0 Å². The lowest BCUT2D eigenvalue weighted by Gasteiger charge is -2.25. The van der Waals surface area contributed by atoms with Crippen LogP contribution in [0.15, 0.2) is 40.6 Å². The molecular formula is C19H21FN2O5S3. The van der Waals surface area contributed by atoms with Crippen LogP contribution in [0.25, 0.3) is 0 Å². The maximum absolute atomic E-state index is 13.3. The van der Waals surface area contributed by atoms with Crippen LogP contribution in [0, 0.1) is 5.82 Å². The minimum Gasteiger partial charge on any atom is -0.451 e. The van der Waals surface area contributed by atoms with Gasteiger partial charge in [0.15, 0.2) is 6.61 Å². The second kappa shape index (κ2) is 9.90. The van der Waals surface area contributed by atoms with E-state index in [1.54, 1.807) is 23.9 Å². The molecule has 1 saturated heterocycles. The summed E-state index contributed by atoms with van der Waals surface area (Å²) in [5.41, 5.74) is 0.600. The van der Waals surface area contributed by atoms with Crippen LogP contribution in [0.3, 0.4) is 0 Å². The van der Waals surface area contributed by atoms with Gasteiger partial charge in [0.05, 0.1) is 0 Å². The van der Waals surface area contributed by atoms with Crippen molar-refractivity contribution in [3.63, 3.8) is 0 Å². The average Bonchev–Trinajstić information content (AvgIpc) is 3.23. The van der Waals surface area contributed by atoms with Gasteiger partial charge in [-0.1, -0.05) is 12.1 Å². The molecule has 3 rings (SSSR count). The van der Waals surface area contributed by atoms with E-state index < -0.39 is 34.3 Å². The lowest BCUT2D eigenvalue weighted by Crippen LogP contribution is -2.38. The molecule has 1 fully saturated rings. The fourth-order valence-corrected chi connectivity index (χ4v) is 6.74. The molecule has 0 atom stereocenters. The number of thioether (sulfide) groups is 1. The van der Waals surface area contributed by atoms with Crippen LogP contribution in [0.1, 0.15) is 15.2 Å². The third-order valence-electron chi connectivity index (χ3n) is 4.46. The predicted octanol–water partition coefficient (Wildman–Crippen LogP) is 2.44. The van der Waals surface area contributed by atoms with Gasteiger partial charge in [-0.05, 0) is 29.1 Å². The molecule has 7 nitrogen and oxygen atoms in total. The number of hydrogen-bond acceptors (Lipinski definition) is 7. The number of carbonyl (C=O) groups is 2. The summed E-state index contributed by atoms with van der Waals surface area (Å²) in [5, 5.41) is 1.51. The molecule has 0 bridgehead atoms. The normalized spacial score (nSPS) is 15.0. The molecule has 0 radical (unpaired) electrons. The molecule has 0 N–H and O–H groups in total. The van der Waals surface area contributed by atoms with E-state index in [2.05, 4.69) is 0 Å². The molecule has 1 aliphatic heterocycles. The highest BCUT2D eigenvalue weighted by molar-refractivity contribution is 7.99. The molecule has 30 heavy (non-hydrogen) atoms. The quantitative estimate of drug-likeness (QED) is 0.576. The van der Waals surface area contributed by atoms with E-state index in [1.807, 2.05) is 0 Å². The Hall–Kier alpha value is -1.95. The van der Waals surface area contributed by atoms with Crippen LogP contribution in [0.5, 0.6) is 0 Å². The number of carbonyl (C=O) groups excluding carboxylic acids is 2. The first-order valence-corrected chi connectivity index (χ1v) is 12.6. The number of nitrogens with zero attached hydrogens (tertiary/aromatic N) is 2. The number of rotatable bonds is 7. The van der Waals surface area contributed by atoms with Gasteiger partial charge < -0.3 is 9.64 Å². The number of hydrogen-bond donors (Lipinski definition) is 0. The standard InChI is InChI=1S/C19H21FN2O5S3/c1-21(12-14-3-2-4-15(20)11-14)17(23)13-27-19(24)18-16(5-8-29-18)30(25,26)22-6-9-28-10-7-22/h2-5,8,11H,6-7,9-10,12-13H2,1H3. The summed E-state index contributed by atoms with van der Waals surface area (Å²) in [6.07, 6.45) is 0. The molecule has 0 aliphatic carbocycles. The third-order valence-corrected chi connectivity index (χ3v) is 8.37. The number of thiophene rings is 1. The Morgan fingerprint density at radius 1 is 1.23 bits per heavy atom. The van der Waals surface area contributed by atoms with Gasteiger partial charge in [-0.15, -0.1) is 11.3 Å². The van der Waals surface area contributed by atoms with Crippen molar-refractivity contribution in [1.82, 2.24) is 9.21 Å². The first kappa shape index (κ1) is 22.7. The van der Waals surface area contributed by atoms with Crippen LogP contribution in [0.4, 0.5) is 4.39 Å². The van der Waals surface area contributed by atoms with E-state index in [-0.39, 0.29) is 16.3 Å². The fraction of sp³-hybridized carbons (Fsp3) is 0.368. The van der Waals surface area contributed by atoms with Crippen molar-refractivity contribution in [3.05, 3.63) is 52.0 Å². The second-order valence-electron chi connectivity index (χ2n) is 6.59. The molecule has 1 amide bonds. The summed E-state index contributed by atoms with van der Waals surface area (Å²) >= 11 is 2.64. The van der Waals surface area contributed by atoms with Gasteiger partial charge in [0, 0.05) is 38.2 Å². The summed E-state index contributed by atoms with van der Waals surface area (Å²) < 4.78 is 45.4. The predicted molar refractivity (Wildman–Crippen MR) is 114 cm³/mol. The Morgan fingerprint density at radius 3 is 2.67 bits per heavy atom. The van der Waals surface area contributed by atoms with Crippen LogP contribution in [-0.4, -0.2) is 67.7 Å². The summed E-state index contributed by atoms with van der Waals surface area (Å²) in [5.74, 6) is -0.340. The zero-order valence-corrected chi connectivity index (χ0v) is 18.7. The minimum atomic E-state index is -3.80. The van der Waals surface area contributed by atoms with Crippen molar-refractivity contribution in [3.8, 4) is 0 Å². The third kappa shape index (κ3) is 5.39. The van der Waals surface area contributed by atoms with Gasteiger partial charge >= 0.3 is 5.97 Å². The van der Waals surface area contributed by atoms with Crippen LogP contribution >= 0.6 is 23.1 Å². The summed E-state index contributed by atoms with van der Waals surface area (Å²) in [7, 11) is -2.28. The van der Waals surface area contributed by atoms with Gasteiger partial charge in [0.2, 0.25) is 10.0 Å². The van der Waals surface area contributed by atoms with Gasteiger partial charge in [0.25, 0.3) is 5.91 Å². The zero-order chi connectivity index (χ0) is 21.7. The highest BCUT2D eigenvalue weighted by atomic mass is 32.2. The molecule has 1 aromatic heterocycles. The first-order valence-electron chi connectivity index (χ1n) is 9.10. The largest absolute Gasteiger partial charge is 0.451 e. The van der Waals surface area contributed by atoms with Crippen molar-refractivity contribution in [2.45, 2.75) is 11.4 Å². The van der Waals surface area contributed by atoms with E-state index in [1.165, 1.54) is 39.8 Å². The number of halogens is 1. The van der Waals surface area contributed by atoms with Crippen molar-refractivity contribution in [1.29, 1.82) is 0 Å². The van der Waals surface area contributed by atoms with E-state index >= 15 is 0 Å². The summed E-state index contributed by atoms with van der Waals surface area (Å²) in [6.45, 7) is 0.392. The Balaban J connectivity index is 1.61. The van der Waals surface area contributed by atoms with Gasteiger partial charge in [-0.3, -0.25) is 4.79 Å². The molecule has 0 spiro atoms. The highest BCUT2D eigenvalue weighted by Crippen LogP contribution is 2.27. The molecular weight excluding hydrogens is 451 g/mol. The van der Waals surface area contributed by atoms with Crippen molar-refractivity contribution in [2.75, 3.05) is 38.2 Å². The lowest BCUT2D eigenvalue weighted by atomic mass is 10.2. The average molecular weight is 473 g/mol. The van der Waals surface area contributed by atoms with Gasteiger partial charge in [-0.25, -0.2) is 17.6 Å². The topological polar surface area (TPSA) is 84.0 Å². The fourth-order valence-electron chi connectivity index (χ4n) is 2.88. The zero-order valence-electron chi connectivity index (χ0n) is 16.2. The summed E-state index contributed by atoms with van der Waals surface area (Å²) in [4.78, 5) is 25.9. The van der Waals surface area contributed by atoms with Crippen LogP contribution in [-0.2, 0) is 26.1 Å². The Morgan fingerprint density at radius 2 is 1.97 bits per heavy atom. The number of benzene rings is 1. The molecule has 0 unspecified atom stereocenters. The van der Waals surface area contributed by atoms with Crippen molar-refractivity contribution >= 4 is 45.0 Å². The number of ether oxygens (including phenoxy) is 1. The maximum Gasteiger partial charge on any atom is 0.350 e. The Labute approximate surface area is 182 Å². The molecule has 1 aliphatic rings. The van der Waals surface area contributed by atoms with Crippen molar-refractivity contribution < 1.29 is 27.1 Å². The van der Waals surface area contributed by atoms with Gasteiger partial charge in [-0.2, -0.15) is 16.1 Å². The van der Waals surface area contributed by atoms with E-state index in [9.17, 15) is 22.4 Å². The molecule has 11 heteroatoms. The number of amides is 1. The number of esters is 1. The second-order valence-corrected chi connectivity index (χ2v) is 10.6. The molecule has 0 saturated carbocycles. The van der Waals surface area contributed by atoms with E-state index in [4.69, 9.17) is 4.74 Å². The van der Waals surface area contributed by atoms with Gasteiger partial charge in [0.1, 0.15) is 15.6 Å². The maximum atomic E-state index is 13.3. The molecule has 2 heterocycles. The monoisotopic (exact) mass is 472 g/mol. The van der Waals surface area contributed by atoms with E-state index in [0.29, 0.717) is 30.2 Å². The summed E-state index contributed by atoms with van der Waals surface area (Å²) in [6, 6.07) is 7.24. The molecule has 1 aromatic carbocycles. The van der Waals surface area contributed by atoms with E-state index in [0.717, 1.165) is 11.3 Å². The highest BCUT2D eigenvalue weighted by Gasteiger charge is 2.32.